The zero-order valence-electron chi connectivity index (χ0n) is 14.9. The normalized spacial score (nSPS) is 16.1. The molecule has 11 heteroatoms. The maximum atomic E-state index is 12.0. The smallest absolute Gasteiger partial charge is 0.250 e. The van der Waals surface area contributed by atoms with E-state index in [-0.39, 0.29) is 30.5 Å². The Kier molecular flexibility index (Phi) is 11.6. The summed E-state index contributed by atoms with van der Waals surface area (Å²) >= 11 is 1.20. The molecule has 8 nitrogen and oxygen atoms in total. The fraction of sp³-hybridized carbons (Fsp3) is 0.667. The minimum atomic E-state index is -3.42. The zero-order valence-corrected chi connectivity index (χ0v) is 18.9. The third-order valence-electron chi connectivity index (χ3n) is 3.60. The van der Waals surface area contributed by atoms with Crippen molar-refractivity contribution in [3.63, 3.8) is 0 Å². The number of rotatable bonds is 9. The standard InChI is InChI=1S/C15H27N5O3S2.HI/c1-2-16-15(18-7-8-20-9-11-23-12-10-20)17-5-6-19-25(21,22)14-4-3-13-24-14;/h3-4,13,19H,2,5-12H2,1H3,(H2,16,17,18);1H. The Hall–Kier alpha value is -0.470. The van der Waals surface area contributed by atoms with Crippen LogP contribution in [0, 0.1) is 0 Å². The van der Waals surface area contributed by atoms with Crippen molar-refractivity contribution in [2.45, 2.75) is 11.1 Å². The number of morpholine rings is 1. The van der Waals surface area contributed by atoms with Gasteiger partial charge in [-0.15, -0.1) is 35.3 Å². The molecule has 0 aromatic carbocycles. The van der Waals surface area contributed by atoms with Gasteiger partial charge in [-0.05, 0) is 18.4 Å². The summed E-state index contributed by atoms with van der Waals surface area (Å²) in [6, 6.07) is 3.31. The van der Waals surface area contributed by atoms with Gasteiger partial charge in [-0.3, -0.25) is 9.89 Å². The predicted molar refractivity (Wildman–Crippen MR) is 116 cm³/mol. The van der Waals surface area contributed by atoms with Crippen molar-refractivity contribution in [2.24, 2.45) is 4.99 Å². The lowest BCUT2D eigenvalue weighted by atomic mass is 10.4. The molecule has 150 valence electrons. The summed E-state index contributed by atoms with van der Waals surface area (Å²) < 4.78 is 32.3. The molecule has 0 atom stereocenters. The minimum absolute atomic E-state index is 0. The number of aliphatic imine (C=N–C) groups is 1. The Labute approximate surface area is 176 Å². The fourth-order valence-electron chi connectivity index (χ4n) is 2.33. The summed E-state index contributed by atoms with van der Waals surface area (Å²) in [6.07, 6.45) is 0. The molecule has 1 aromatic rings. The first-order valence-corrected chi connectivity index (χ1v) is 10.8. The maximum absolute atomic E-state index is 12.0. The van der Waals surface area contributed by atoms with Crippen molar-refractivity contribution in [2.75, 3.05) is 59.0 Å². The SMILES string of the molecule is CCNC(=NCCNS(=O)(=O)c1cccs1)NCCN1CCOCC1.I. The van der Waals surface area contributed by atoms with E-state index >= 15 is 0 Å². The summed E-state index contributed by atoms with van der Waals surface area (Å²) in [5, 5.41) is 8.18. The summed E-state index contributed by atoms with van der Waals surface area (Å²) in [5.41, 5.74) is 0. The summed E-state index contributed by atoms with van der Waals surface area (Å²) in [5.74, 6) is 0.700. The number of hydrogen-bond donors (Lipinski definition) is 3. The Morgan fingerprint density at radius 2 is 2.08 bits per heavy atom. The Balaban J connectivity index is 0.00000338. The highest BCUT2D eigenvalue weighted by Crippen LogP contribution is 2.14. The Morgan fingerprint density at radius 1 is 1.31 bits per heavy atom. The van der Waals surface area contributed by atoms with Crippen LogP contribution in [0.25, 0.3) is 0 Å². The molecular weight excluding hydrogens is 489 g/mol. The highest BCUT2D eigenvalue weighted by molar-refractivity contribution is 14.0. The number of halogens is 1. The molecule has 1 saturated heterocycles. The largest absolute Gasteiger partial charge is 0.379 e. The number of hydrogen-bond acceptors (Lipinski definition) is 6. The van der Waals surface area contributed by atoms with Gasteiger partial charge in [-0.25, -0.2) is 13.1 Å². The molecule has 0 spiro atoms. The molecule has 0 saturated carbocycles. The average Bonchev–Trinajstić information content (AvgIpc) is 3.15. The van der Waals surface area contributed by atoms with E-state index < -0.39 is 10.0 Å². The van der Waals surface area contributed by atoms with E-state index in [1.807, 2.05) is 6.92 Å². The summed E-state index contributed by atoms with van der Waals surface area (Å²) in [6.45, 7) is 8.60. The quantitative estimate of drug-likeness (QED) is 0.192. The number of sulfonamides is 1. The van der Waals surface area contributed by atoms with Crippen LogP contribution < -0.4 is 15.4 Å². The van der Waals surface area contributed by atoms with Crippen LogP contribution in [0.1, 0.15) is 6.92 Å². The number of nitrogens with zero attached hydrogens (tertiary/aromatic N) is 2. The van der Waals surface area contributed by atoms with Crippen molar-refractivity contribution in [1.29, 1.82) is 0 Å². The monoisotopic (exact) mass is 517 g/mol. The lowest BCUT2D eigenvalue weighted by molar-refractivity contribution is 0.0389. The van der Waals surface area contributed by atoms with Gasteiger partial charge < -0.3 is 15.4 Å². The summed E-state index contributed by atoms with van der Waals surface area (Å²) in [4.78, 5) is 6.75. The third-order valence-corrected chi connectivity index (χ3v) is 6.46. The molecule has 3 N–H and O–H groups in total. The van der Waals surface area contributed by atoms with E-state index in [1.54, 1.807) is 17.5 Å². The van der Waals surface area contributed by atoms with Crippen LogP contribution in [0.5, 0.6) is 0 Å². The third kappa shape index (κ3) is 8.48. The van der Waals surface area contributed by atoms with Crippen molar-refractivity contribution >= 4 is 51.3 Å². The second-order valence-electron chi connectivity index (χ2n) is 5.47. The molecule has 0 bridgehead atoms. The van der Waals surface area contributed by atoms with Gasteiger partial charge in [-0.1, -0.05) is 6.07 Å². The molecule has 0 radical (unpaired) electrons. The Bertz CT molecular complexity index is 619. The molecule has 1 aromatic heterocycles. The van der Waals surface area contributed by atoms with Crippen LogP contribution >= 0.6 is 35.3 Å². The molecule has 2 heterocycles. The maximum Gasteiger partial charge on any atom is 0.250 e. The molecule has 26 heavy (non-hydrogen) atoms. The predicted octanol–water partition coefficient (Wildman–Crippen LogP) is 0.532. The number of nitrogens with one attached hydrogen (secondary N) is 3. The van der Waals surface area contributed by atoms with E-state index in [9.17, 15) is 8.42 Å². The first-order valence-electron chi connectivity index (χ1n) is 8.47. The molecule has 0 amide bonds. The number of ether oxygens (including phenoxy) is 1. The van der Waals surface area contributed by atoms with Crippen molar-refractivity contribution in [3.05, 3.63) is 17.5 Å². The van der Waals surface area contributed by atoms with Crippen molar-refractivity contribution in [1.82, 2.24) is 20.3 Å². The molecular formula is C15H28IN5O3S2. The van der Waals surface area contributed by atoms with Crippen LogP contribution in [0.15, 0.2) is 26.7 Å². The topological polar surface area (TPSA) is 95.1 Å². The van der Waals surface area contributed by atoms with E-state index in [2.05, 4.69) is 25.2 Å². The van der Waals surface area contributed by atoms with Gasteiger partial charge in [0.1, 0.15) is 4.21 Å². The van der Waals surface area contributed by atoms with Crippen LogP contribution in [0.3, 0.4) is 0 Å². The van der Waals surface area contributed by atoms with Crippen LogP contribution in [0.4, 0.5) is 0 Å². The number of thiophene rings is 1. The van der Waals surface area contributed by atoms with Gasteiger partial charge in [0.2, 0.25) is 10.0 Å². The van der Waals surface area contributed by atoms with Gasteiger partial charge in [0.05, 0.1) is 19.8 Å². The zero-order chi connectivity index (χ0) is 18.0. The van der Waals surface area contributed by atoms with Crippen LogP contribution in [0.2, 0.25) is 0 Å². The van der Waals surface area contributed by atoms with Gasteiger partial charge in [0.25, 0.3) is 0 Å². The second-order valence-corrected chi connectivity index (χ2v) is 8.41. The van der Waals surface area contributed by atoms with Crippen LogP contribution in [-0.4, -0.2) is 78.3 Å². The Morgan fingerprint density at radius 3 is 2.73 bits per heavy atom. The van der Waals surface area contributed by atoms with Crippen molar-refractivity contribution < 1.29 is 13.2 Å². The molecule has 1 aliphatic rings. The van der Waals surface area contributed by atoms with E-state index in [0.717, 1.165) is 45.9 Å². The first kappa shape index (κ1) is 23.6. The van der Waals surface area contributed by atoms with Crippen molar-refractivity contribution in [3.8, 4) is 0 Å². The highest BCUT2D eigenvalue weighted by Gasteiger charge is 2.13. The van der Waals surface area contributed by atoms with E-state index in [4.69, 9.17) is 4.74 Å². The minimum Gasteiger partial charge on any atom is -0.379 e. The second kappa shape index (κ2) is 12.8. The van der Waals surface area contributed by atoms with Gasteiger partial charge in [0.15, 0.2) is 5.96 Å². The van der Waals surface area contributed by atoms with Gasteiger partial charge in [0, 0.05) is 39.3 Å². The molecule has 0 unspecified atom stereocenters. The number of guanidine groups is 1. The van der Waals surface area contributed by atoms with Gasteiger partial charge in [-0.2, -0.15) is 0 Å². The van der Waals surface area contributed by atoms with Crippen LogP contribution in [-0.2, 0) is 14.8 Å². The molecule has 1 aliphatic heterocycles. The highest BCUT2D eigenvalue weighted by atomic mass is 127. The lowest BCUT2D eigenvalue weighted by Crippen LogP contribution is -2.44. The van der Waals surface area contributed by atoms with E-state index in [1.165, 1.54) is 11.3 Å². The fourth-order valence-corrected chi connectivity index (χ4v) is 4.39. The summed E-state index contributed by atoms with van der Waals surface area (Å²) in [7, 11) is -3.42. The van der Waals surface area contributed by atoms with E-state index in [0.29, 0.717) is 16.7 Å². The molecule has 1 fully saturated rings. The first-order chi connectivity index (χ1) is 12.1. The van der Waals surface area contributed by atoms with Gasteiger partial charge >= 0.3 is 0 Å². The molecule has 2 rings (SSSR count). The average molecular weight is 517 g/mol. The molecule has 0 aliphatic carbocycles. The lowest BCUT2D eigenvalue weighted by Gasteiger charge is -2.26.